The minimum atomic E-state index is -0.0816. The highest BCUT2D eigenvalue weighted by atomic mass is 35.5. The molecule has 6 heteroatoms. The first kappa shape index (κ1) is 20.9. The highest BCUT2D eigenvalue weighted by Crippen LogP contribution is 2.36. The fourth-order valence-corrected chi connectivity index (χ4v) is 4.72. The smallest absolute Gasteiger partial charge is 0.223 e. The summed E-state index contributed by atoms with van der Waals surface area (Å²) in [5.41, 5.74) is 0.0591. The van der Waals surface area contributed by atoms with Crippen LogP contribution in [0, 0.1) is 5.92 Å². The molecule has 0 bridgehead atoms. The van der Waals surface area contributed by atoms with E-state index in [0.29, 0.717) is 0 Å². The summed E-state index contributed by atoms with van der Waals surface area (Å²) in [7, 11) is 0. The van der Waals surface area contributed by atoms with Crippen molar-refractivity contribution >= 4 is 18.3 Å². The van der Waals surface area contributed by atoms with E-state index in [9.17, 15) is 4.79 Å². The lowest BCUT2D eigenvalue weighted by molar-refractivity contribution is -0.132. The Balaban J connectivity index is 0.00000225. The number of hydrogen-bond acceptors (Lipinski definition) is 4. The molecule has 0 unspecified atom stereocenters. The van der Waals surface area contributed by atoms with Crippen LogP contribution in [-0.2, 0) is 9.53 Å². The van der Waals surface area contributed by atoms with E-state index in [1.165, 1.54) is 32.1 Å². The Morgan fingerprint density at radius 1 is 1.20 bits per heavy atom. The lowest BCUT2D eigenvalue weighted by Crippen LogP contribution is -2.63. The summed E-state index contributed by atoms with van der Waals surface area (Å²) < 4.78 is 5.92. The zero-order valence-corrected chi connectivity index (χ0v) is 16.8. The Bertz CT molecular complexity index is 432. The largest absolute Gasteiger partial charge is 0.373 e. The van der Waals surface area contributed by atoms with Crippen molar-refractivity contribution in [2.75, 3.05) is 39.3 Å². The number of nitrogens with one attached hydrogen (secondary N) is 2. The van der Waals surface area contributed by atoms with E-state index in [1.807, 2.05) is 0 Å². The zero-order valence-electron chi connectivity index (χ0n) is 15.9. The van der Waals surface area contributed by atoms with Gasteiger partial charge in [0.05, 0.1) is 12.2 Å². The van der Waals surface area contributed by atoms with Gasteiger partial charge in [-0.25, -0.2) is 0 Å². The quantitative estimate of drug-likeness (QED) is 0.794. The van der Waals surface area contributed by atoms with E-state index in [4.69, 9.17) is 4.74 Å². The van der Waals surface area contributed by atoms with Gasteiger partial charge in [-0.2, -0.15) is 0 Å². The number of rotatable bonds is 4. The summed E-state index contributed by atoms with van der Waals surface area (Å²) in [5.74, 6) is 0.474. The van der Waals surface area contributed by atoms with Crippen LogP contribution in [0.4, 0.5) is 0 Å². The van der Waals surface area contributed by atoms with E-state index in [0.717, 1.165) is 52.2 Å². The number of amides is 1. The number of hydrogen-bond donors (Lipinski definition) is 2. The molecule has 3 rings (SSSR count). The average molecular weight is 374 g/mol. The first-order chi connectivity index (χ1) is 11.5. The fourth-order valence-electron chi connectivity index (χ4n) is 4.72. The third kappa shape index (κ3) is 5.31. The molecule has 1 saturated carbocycles. The SMILES string of the molecule is CC1(C)CN(C2(CNC(=O)C3CCNCC3)CCCCC2)CCO1.Cl. The van der Waals surface area contributed by atoms with Gasteiger partial charge in [0.1, 0.15) is 0 Å². The summed E-state index contributed by atoms with van der Waals surface area (Å²) in [6.45, 7) is 9.89. The molecular weight excluding hydrogens is 338 g/mol. The van der Waals surface area contributed by atoms with Crippen molar-refractivity contribution in [2.24, 2.45) is 5.92 Å². The molecule has 2 N–H and O–H groups in total. The maximum Gasteiger partial charge on any atom is 0.223 e. The van der Waals surface area contributed by atoms with Gasteiger partial charge in [0.2, 0.25) is 5.91 Å². The minimum absolute atomic E-state index is 0. The maximum absolute atomic E-state index is 12.6. The first-order valence-electron chi connectivity index (χ1n) is 9.88. The molecule has 3 aliphatic rings. The summed E-state index contributed by atoms with van der Waals surface area (Å²) in [6.07, 6.45) is 8.25. The van der Waals surface area contributed by atoms with Gasteiger partial charge < -0.3 is 15.4 Å². The van der Waals surface area contributed by atoms with E-state index >= 15 is 0 Å². The minimum Gasteiger partial charge on any atom is -0.373 e. The molecule has 2 saturated heterocycles. The molecule has 0 aromatic rings. The van der Waals surface area contributed by atoms with Gasteiger partial charge in [0.25, 0.3) is 0 Å². The van der Waals surface area contributed by atoms with Crippen molar-refractivity contribution in [3.63, 3.8) is 0 Å². The zero-order chi connectivity index (χ0) is 17.0. The predicted octanol–water partition coefficient (Wildman–Crippen LogP) is 2.34. The van der Waals surface area contributed by atoms with Crippen molar-refractivity contribution in [2.45, 2.75) is 69.9 Å². The molecule has 0 radical (unpaired) electrons. The molecule has 2 aliphatic heterocycles. The van der Waals surface area contributed by atoms with Gasteiger partial charge in [-0.1, -0.05) is 19.3 Å². The van der Waals surface area contributed by atoms with E-state index in [2.05, 4.69) is 29.4 Å². The topological polar surface area (TPSA) is 53.6 Å². The molecule has 5 nitrogen and oxygen atoms in total. The second-order valence-corrected chi connectivity index (χ2v) is 8.56. The highest BCUT2D eigenvalue weighted by Gasteiger charge is 2.42. The maximum atomic E-state index is 12.6. The van der Waals surface area contributed by atoms with Crippen molar-refractivity contribution in [3.05, 3.63) is 0 Å². The van der Waals surface area contributed by atoms with Crippen LogP contribution in [0.2, 0.25) is 0 Å². The van der Waals surface area contributed by atoms with Crippen LogP contribution in [0.5, 0.6) is 0 Å². The Hall–Kier alpha value is -0.360. The third-order valence-electron chi connectivity index (χ3n) is 6.18. The number of morpholine rings is 1. The lowest BCUT2D eigenvalue weighted by Gasteiger charge is -2.51. The molecule has 0 aromatic heterocycles. The van der Waals surface area contributed by atoms with Crippen molar-refractivity contribution in [1.82, 2.24) is 15.5 Å². The van der Waals surface area contributed by atoms with Gasteiger partial charge in [-0.05, 0) is 52.6 Å². The Kier molecular flexibility index (Phi) is 7.56. The van der Waals surface area contributed by atoms with E-state index < -0.39 is 0 Å². The molecule has 0 spiro atoms. The van der Waals surface area contributed by atoms with Gasteiger partial charge in [-0.3, -0.25) is 9.69 Å². The van der Waals surface area contributed by atoms with Crippen molar-refractivity contribution in [1.29, 1.82) is 0 Å². The second kappa shape index (κ2) is 9.03. The Morgan fingerprint density at radius 3 is 2.52 bits per heavy atom. The van der Waals surface area contributed by atoms with Gasteiger partial charge in [-0.15, -0.1) is 12.4 Å². The summed E-state index contributed by atoms with van der Waals surface area (Å²) in [5, 5.41) is 6.68. The molecule has 1 aliphatic carbocycles. The number of ether oxygens (including phenoxy) is 1. The summed E-state index contributed by atoms with van der Waals surface area (Å²) in [6, 6.07) is 0. The van der Waals surface area contributed by atoms with Gasteiger partial charge in [0.15, 0.2) is 0 Å². The molecule has 0 aromatic carbocycles. The number of halogens is 1. The second-order valence-electron chi connectivity index (χ2n) is 8.56. The Labute approximate surface area is 159 Å². The summed E-state index contributed by atoms with van der Waals surface area (Å²) in [4.78, 5) is 15.2. The molecule has 1 amide bonds. The van der Waals surface area contributed by atoms with E-state index in [-0.39, 0.29) is 35.4 Å². The summed E-state index contributed by atoms with van der Waals surface area (Å²) >= 11 is 0. The number of carbonyl (C=O) groups is 1. The normalized spacial score (nSPS) is 27.3. The van der Waals surface area contributed by atoms with Crippen LogP contribution in [0.15, 0.2) is 0 Å². The van der Waals surface area contributed by atoms with Crippen LogP contribution >= 0.6 is 12.4 Å². The molecule has 3 fully saturated rings. The molecule has 146 valence electrons. The van der Waals surface area contributed by atoms with Crippen LogP contribution in [0.3, 0.4) is 0 Å². The third-order valence-corrected chi connectivity index (χ3v) is 6.18. The number of nitrogens with zero attached hydrogens (tertiary/aromatic N) is 1. The first-order valence-corrected chi connectivity index (χ1v) is 9.88. The van der Waals surface area contributed by atoms with E-state index in [1.54, 1.807) is 0 Å². The molecular formula is C19H36ClN3O2. The number of carbonyl (C=O) groups excluding carboxylic acids is 1. The van der Waals surface area contributed by atoms with Crippen molar-refractivity contribution < 1.29 is 9.53 Å². The Morgan fingerprint density at radius 2 is 1.88 bits per heavy atom. The monoisotopic (exact) mass is 373 g/mol. The molecule has 0 atom stereocenters. The predicted molar refractivity (Wildman–Crippen MR) is 103 cm³/mol. The number of piperidine rings is 1. The van der Waals surface area contributed by atoms with Crippen LogP contribution in [-0.4, -0.2) is 61.3 Å². The highest BCUT2D eigenvalue weighted by molar-refractivity contribution is 5.85. The van der Waals surface area contributed by atoms with Gasteiger partial charge in [0, 0.05) is 31.1 Å². The van der Waals surface area contributed by atoms with Crippen molar-refractivity contribution in [3.8, 4) is 0 Å². The molecule has 2 heterocycles. The standard InChI is InChI=1S/C19H35N3O2.ClH/c1-18(2)15-22(12-13-24-18)19(8-4-3-5-9-19)14-21-17(23)16-6-10-20-11-7-16;/h16,20H,3-15H2,1-2H3,(H,21,23);1H. The fraction of sp³-hybridized carbons (Fsp3) is 0.947. The lowest BCUT2D eigenvalue weighted by atomic mass is 9.79. The van der Waals surface area contributed by atoms with Crippen LogP contribution in [0.1, 0.15) is 58.8 Å². The van der Waals surface area contributed by atoms with Crippen LogP contribution < -0.4 is 10.6 Å². The van der Waals surface area contributed by atoms with Crippen LogP contribution in [0.25, 0.3) is 0 Å². The van der Waals surface area contributed by atoms with Gasteiger partial charge >= 0.3 is 0 Å². The molecule has 25 heavy (non-hydrogen) atoms. The average Bonchev–Trinajstić information content (AvgIpc) is 2.60.